The Kier molecular flexibility index (Phi) is 9.63. The van der Waals surface area contributed by atoms with Crippen LogP contribution >= 0.6 is 0 Å². The van der Waals surface area contributed by atoms with Gasteiger partial charge in [0.25, 0.3) is 0 Å². The van der Waals surface area contributed by atoms with E-state index in [0.717, 1.165) is 23.4 Å². The lowest BCUT2D eigenvalue weighted by molar-refractivity contribution is -0.114. The first-order chi connectivity index (χ1) is 14.1. The summed E-state index contributed by atoms with van der Waals surface area (Å²) in [5.74, 6) is 1.38. The third-order valence-corrected chi connectivity index (χ3v) is 4.16. The summed E-state index contributed by atoms with van der Waals surface area (Å²) in [5, 5.41) is 6.01. The van der Waals surface area contributed by atoms with E-state index in [9.17, 15) is 4.79 Å². The van der Waals surface area contributed by atoms with Gasteiger partial charge in [-0.1, -0.05) is 44.9 Å². The third kappa shape index (κ3) is 9.19. The van der Waals surface area contributed by atoms with Gasteiger partial charge in [0.05, 0.1) is 13.2 Å². The largest absolute Gasteiger partial charge is 0.494 e. The van der Waals surface area contributed by atoms with E-state index in [2.05, 4.69) is 24.1 Å². The smallest absolute Gasteiger partial charge is 0.243 e. The molecule has 0 radical (unpaired) electrons. The predicted molar refractivity (Wildman–Crippen MR) is 120 cm³/mol. The number of hydrogen-bond acceptors (Lipinski definition) is 4. The van der Waals surface area contributed by atoms with Crippen molar-refractivity contribution in [2.45, 2.75) is 39.5 Å². The number of amides is 1. The maximum absolute atomic E-state index is 12.3. The molecule has 0 heterocycles. The first-order valence-electron chi connectivity index (χ1n) is 10.2. The number of carbonyl (C=O) groups excluding carboxylic acids is 1. The van der Waals surface area contributed by atoms with Gasteiger partial charge in [-0.3, -0.25) is 4.79 Å². The van der Waals surface area contributed by atoms with E-state index in [1.807, 2.05) is 49.4 Å². The quantitative estimate of drug-likeness (QED) is 0.339. The van der Waals surface area contributed by atoms with Gasteiger partial charge >= 0.3 is 0 Å². The molecule has 156 valence electrons. The zero-order chi connectivity index (χ0) is 20.9. The molecule has 2 N–H and O–H groups in total. The summed E-state index contributed by atoms with van der Waals surface area (Å²) in [6.07, 6.45) is 4.70. The van der Waals surface area contributed by atoms with Gasteiger partial charge in [0.15, 0.2) is 0 Å². The molecule has 1 amide bonds. The molecule has 0 aliphatic rings. The van der Waals surface area contributed by atoms with E-state index < -0.39 is 0 Å². The molecular weight excluding hydrogens is 364 g/mol. The summed E-state index contributed by atoms with van der Waals surface area (Å²) in [7, 11) is 0. The molecule has 2 aromatic carbocycles. The first kappa shape index (κ1) is 22.3. The fourth-order valence-electron chi connectivity index (χ4n) is 2.67. The minimum atomic E-state index is -0.132. The van der Waals surface area contributed by atoms with E-state index in [1.165, 1.54) is 19.3 Å². The second-order valence-electron chi connectivity index (χ2n) is 7.11. The van der Waals surface area contributed by atoms with Crippen LogP contribution in [0.3, 0.4) is 0 Å². The lowest BCUT2D eigenvalue weighted by atomic mass is 10.2. The molecule has 2 aromatic rings. The zero-order valence-corrected chi connectivity index (χ0v) is 17.5. The van der Waals surface area contributed by atoms with Crippen LogP contribution in [-0.2, 0) is 4.79 Å². The van der Waals surface area contributed by atoms with Crippen molar-refractivity contribution in [2.75, 3.05) is 30.4 Å². The SMILES string of the molecule is C=C(C)COc1cccc(NC(=O)CNc2cccc(OCCCCCC)c2)c1. The van der Waals surface area contributed by atoms with Crippen molar-refractivity contribution in [1.29, 1.82) is 0 Å². The van der Waals surface area contributed by atoms with Gasteiger partial charge < -0.3 is 20.1 Å². The zero-order valence-electron chi connectivity index (χ0n) is 17.5. The number of hydrogen-bond donors (Lipinski definition) is 2. The van der Waals surface area contributed by atoms with Crippen LogP contribution in [-0.4, -0.2) is 25.7 Å². The minimum absolute atomic E-state index is 0.132. The topological polar surface area (TPSA) is 59.6 Å². The standard InChI is InChI=1S/C24H32N2O3/c1-4-5-6-7-14-28-22-12-8-10-20(15-22)25-17-24(27)26-21-11-9-13-23(16-21)29-18-19(2)3/h8-13,15-16,25H,2,4-7,14,17-18H2,1,3H3,(H,26,27). The average Bonchev–Trinajstić information content (AvgIpc) is 2.71. The van der Waals surface area contributed by atoms with Crippen LogP contribution in [0.25, 0.3) is 0 Å². The van der Waals surface area contributed by atoms with Gasteiger partial charge in [-0.2, -0.15) is 0 Å². The summed E-state index contributed by atoms with van der Waals surface area (Å²) >= 11 is 0. The maximum Gasteiger partial charge on any atom is 0.243 e. The van der Waals surface area contributed by atoms with E-state index in [4.69, 9.17) is 9.47 Å². The van der Waals surface area contributed by atoms with Crippen molar-refractivity contribution in [3.8, 4) is 11.5 Å². The summed E-state index contributed by atoms with van der Waals surface area (Å²) in [6.45, 7) is 9.25. The number of benzene rings is 2. The molecule has 5 heteroatoms. The number of carbonyl (C=O) groups is 1. The molecule has 0 atom stereocenters. The van der Waals surface area contributed by atoms with Crippen LogP contribution in [0.15, 0.2) is 60.7 Å². The molecule has 5 nitrogen and oxygen atoms in total. The molecule has 0 aliphatic heterocycles. The highest BCUT2D eigenvalue weighted by Gasteiger charge is 2.05. The molecule has 0 unspecified atom stereocenters. The maximum atomic E-state index is 12.3. The van der Waals surface area contributed by atoms with Crippen LogP contribution < -0.4 is 20.1 Å². The van der Waals surface area contributed by atoms with Crippen molar-refractivity contribution < 1.29 is 14.3 Å². The molecular formula is C24H32N2O3. The first-order valence-corrected chi connectivity index (χ1v) is 10.2. The Morgan fingerprint density at radius 2 is 1.66 bits per heavy atom. The fourth-order valence-corrected chi connectivity index (χ4v) is 2.67. The number of unbranched alkanes of at least 4 members (excludes halogenated alkanes) is 3. The average molecular weight is 397 g/mol. The van der Waals surface area contributed by atoms with Crippen LogP contribution in [0.5, 0.6) is 11.5 Å². The monoisotopic (exact) mass is 396 g/mol. The fraction of sp³-hybridized carbons (Fsp3) is 0.375. The highest BCUT2D eigenvalue weighted by molar-refractivity contribution is 5.93. The van der Waals surface area contributed by atoms with Crippen molar-refractivity contribution in [3.63, 3.8) is 0 Å². The van der Waals surface area contributed by atoms with Gasteiger partial charge in [0.2, 0.25) is 5.91 Å². The number of nitrogens with one attached hydrogen (secondary N) is 2. The minimum Gasteiger partial charge on any atom is -0.494 e. The van der Waals surface area contributed by atoms with Crippen molar-refractivity contribution in [2.24, 2.45) is 0 Å². The molecule has 0 saturated heterocycles. The Balaban J connectivity index is 1.78. The Morgan fingerprint density at radius 3 is 2.38 bits per heavy atom. The van der Waals surface area contributed by atoms with Gasteiger partial charge in [-0.25, -0.2) is 0 Å². The van der Waals surface area contributed by atoms with Crippen molar-refractivity contribution >= 4 is 17.3 Å². The van der Waals surface area contributed by atoms with Gasteiger partial charge in [-0.05, 0) is 43.2 Å². The summed E-state index contributed by atoms with van der Waals surface area (Å²) in [6, 6.07) is 15.0. The van der Waals surface area contributed by atoms with E-state index >= 15 is 0 Å². The number of ether oxygens (including phenoxy) is 2. The predicted octanol–water partition coefficient (Wildman–Crippen LogP) is 5.65. The summed E-state index contributed by atoms with van der Waals surface area (Å²) in [5.41, 5.74) is 2.49. The molecule has 0 fully saturated rings. The summed E-state index contributed by atoms with van der Waals surface area (Å²) in [4.78, 5) is 12.3. The Morgan fingerprint density at radius 1 is 0.966 bits per heavy atom. The molecule has 2 rings (SSSR count). The Hall–Kier alpha value is -2.95. The van der Waals surface area contributed by atoms with Gasteiger partial charge in [-0.15, -0.1) is 0 Å². The van der Waals surface area contributed by atoms with Crippen LogP contribution in [0.2, 0.25) is 0 Å². The molecule has 0 aromatic heterocycles. The molecule has 0 saturated carbocycles. The number of rotatable bonds is 13. The second-order valence-corrected chi connectivity index (χ2v) is 7.11. The van der Waals surface area contributed by atoms with E-state index in [1.54, 1.807) is 6.07 Å². The second kappa shape index (κ2) is 12.5. The van der Waals surface area contributed by atoms with Crippen LogP contribution in [0.4, 0.5) is 11.4 Å². The molecule has 0 spiro atoms. The van der Waals surface area contributed by atoms with Gasteiger partial charge in [0.1, 0.15) is 18.1 Å². The molecule has 29 heavy (non-hydrogen) atoms. The normalized spacial score (nSPS) is 10.3. The number of anilines is 2. The Labute approximate surface area is 174 Å². The highest BCUT2D eigenvalue weighted by atomic mass is 16.5. The summed E-state index contributed by atoms with van der Waals surface area (Å²) < 4.78 is 11.4. The molecule has 0 aliphatic carbocycles. The highest BCUT2D eigenvalue weighted by Crippen LogP contribution is 2.19. The van der Waals surface area contributed by atoms with Crippen LogP contribution in [0.1, 0.15) is 39.5 Å². The Bertz CT molecular complexity index is 789. The lowest BCUT2D eigenvalue weighted by Gasteiger charge is -2.11. The van der Waals surface area contributed by atoms with Crippen molar-refractivity contribution in [1.82, 2.24) is 0 Å². The van der Waals surface area contributed by atoms with E-state index in [-0.39, 0.29) is 12.5 Å². The van der Waals surface area contributed by atoms with Crippen LogP contribution in [0, 0.1) is 0 Å². The van der Waals surface area contributed by atoms with E-state index in [0.29, 0.717) is 24.7 Å². The molecule has 0 bridgehead atoms. The van der Waals surface area contributed by atoms with Crippen molar-refractivity contribution in [3.05, 3.63) is 60.7 Å². The third-order valence-electron chi connectivity index (χ3n) is 4.16. The lowest BCUT2D eigenvalue weighted by Crippen LogP contribution is -2.21. The van der Waals surface area contributed by atoms with Gasteiger partial charge in [0, 0.05) is 23.5 Å².